The molecule has 1 N–H and O–H groups in total. The molecule has 0 aliphatic carbocycles. The quantitative estimate of drug-likeness (QED) is 0.704. The van der Waals surface area contributed by atoms with Gasteiger partial charge in [0.2, 0.25) is 10.0 Å². The van der Waals surface area contributed by atoms with Gasteiger partial charge in [-0.05, 0) is 43.3 Å². The predicted octanol–water partition coefficient (Wildman–Crippen LogP) is 2.13. The monoisotopic (exact) mass is 416 g/mol. The first-order valence-corrected chi connectivity index (χ1v) is 10.8. The van der Waals surface area contributed by atoms with E-state index in [0.717, 1.165) is 12.1 Å². The molecule has 2 aromatic carbocycles. The van der Waals surface area contributed by atoms with Crippen molar-refractivity contribution >= 4 is 20.9 Å². The SMILES string of the molecule is CC(c1nc2ccccc2c(=O)[nH]1)N1CCN(S(=O)(=O)c2ccc(F)cc2)CC1. The largest absolute Gasteiger partial charge is 0.309 e. The van der Waals surface area contributed by atoms with Crippen molar-refractivity contribution in [2.45, 2.75) is 17.9 Å². The Labute approximate surface area is 167 Å². The third kappa shape index (κ3) is 3.81. The molecular formula is C20H21FN4O3S. The highest BCUT2D eigenvalue weighted by molar-refractivity contribution is 7.89. The van der Waals surface area contributed by atoms with Crippen molar-refractivity contribution in [1.82, 2.24) is 19.2 Å². The zero-order valence-corrected chi connectivity index (χ0v) is 16.7. The predicted molar refractivity (Wildman–Crippen MR) is 108 cm³/mol. The number of nitrogens with zero attached hydrogens (tertiary/aromatic N) is 3. The van der Waals surface area contributed by atoms with Crippen molar-refractivity contribution in [3.63, 3.8) is 0 Å². The maximum atomic E-state index is 13.1. The van der Waals surface area contributed by atoms with Gasteiger partial charge >= 0.3 is 0 Å². The van der Waals surface area contributed by atoms with Crippen LogP contribution in [-0.4, -0.2) is 53.8 Å². The molecule has 1 saturated heterocycles. The Kier molecular flexibility index (Phi) is 5.20. The van der Waals surface area contributed by atoms with E-state index in [4.69, 9.17) is 0 Å². The van der Waals surface area contributed by atoms with Crippen LogP contribution in [0.1, 0.15) is 18.8 Å². The summed E-state index contributed by atoms with van der Waals surface area (Å²) in [6.07, 6.45) is 0. The van der Waals surface area contributed by atoms with Crippen LogP contribution in [0.3, 0.4) is 0 Å². The van der Waals surface area contributed by atoms with E-state index in [1.807, 2.05) is 13.0 Å². The number of para-hydroxylation sites is 1. The molecule has 4 rings (SSSR count). The van der Waals surface area contributed by atoms with Gasteiger partial charge in [0, 0.05) is 26.2 Å². The Hall–Kier alpha value is -2.62. The van der Waals surface area contributed by atoms with Crippen LogP contribution in [-0.2, 0) is 10.0 Å². The zero-order chi connectivity index (χ0) is 20.6. The molecule has 152 valence electrons. The van der Waals surface area contributed by atoms with E-state index in [-0.39, 0.29) is 16.5 Å². The van der Waals surface area contributed by atoms with Crippen LogP contribution in [0.25, 0.3) is 10.9 Å². The molecule has 0 saturated carbocycles. The fourth-order valence-corrected chi connectivity index (χ4v) is 4.98. The van der Waals surface area contributed by atoms with Crippen molar-refractivity contribution in [3.05, 3.63) is 70.5 Å². The van der Waals surface area contributed by atoms with Gasteiger partial charge in [-0.1, -0.05) is 12.1 Å². The van der Waals surface area contributed by atoms with E-state index in [2.05, 4.69) is 14.9 Å². The van der Waals surface area contributed by atoms with Crippen molar-refractivity contribution in [2.75, 3.05) is 26.2 Å². The van der Waals surface area contributed by atoms with Crippen LogP contribution < -0.4 is 5.56 Å². The molecule has 0 bridgehead atoms. The molecule has 1 atom stereocenters. The molecule has 1 aliphatic rings. The Balaban J connectivity index is 1.49. The van der Waals surface area contributed by atoms with Crippen molar-refractivity contribution < 1.29 is 12.8 Å². The van der Waals surface area contributed by atoms with Gasteiger partial charge in [-0.15, -0.1) is 0 Å². The summed E-state index contributed by atoms with van der Waals surface area (Å²) < 4.78 is 40.0. The highest BCUT2D eigenvalue weighted by Gasteiger charge is 2.31. The summed E-state index contributed by atoms with van der Waals surface area (Å²) in [4.78, 5) is 21.9. The number of halogens is 1. The summed E-state index contributed by atoms with van der Waals surface area (Å²) in [5.41, 5.74) is 0.450. The first-order valence-electron chi connectivity index (χ1n) is 9.35. The average molecular weight is 416 g/mol. The number of benzene rings is 2. The van der Waals surface area contributed by atoms with Crippen LogP contribution in [0.2, 0.25) is 0 Å². The second-order valence-corrected chi connectivity index (χ2v) is 8.98. The number of hydrogen-bond donors (Lipinski definition) is 1. The van der Waals surface area contributed by atoms with Crippen LogP contribution in [0.4, 0.5) is 4.39 Å². The second kappa shape index (κ2) is 7.66. The number of aromatic amines is 1. The van der Waals surface area contributed by atoms with Gasteiger partial charge in [0.05, 0.1) is 21.8 Å². The molecule has 1 fully saturated rings. The molecule has 3 aromatic rings. The summed E-state index contributed by atoms with van der Waals surface area (Å²) in [5, 5.41) is 0.540. The van der Waals surface area contributed by atoms with E-state index >= 15 is 0 Å². The Morgan fingerprint density at radius 1 is 1.03 bits per heavy atom. The third-order valence-corrected chi connectivity index (χ3v) is 7.21. The number of sulfonamides is 1. The molecule has 1 aromatic heterocycles. The van der Waals surface area contributed by atoms with Gasteiger partial charge in [-0.2, -0.15) is 4.31 Å². The fourth-order valence-electron chi connectivity index (χ4n) is 3.56. The topological polar surface area (TPSA) is 86.4 Å². The van der Waals surface area contributed by atoms with E-state index in [1.165, 1.54) is 16.4 Å². The average Bonchev–Trinajstić information content (AvgIpc) is 2.73. The third-order valence-electron chi connectivity index (χ3n) is 5.30. The summed E-state index contributed by atoms with van der Waals surface area (Å²) in [6, 6.07) is 11.9. The molecule has 0 spiro atoms. The zero-order valence-electron chi connectivity index (χ0n) is 15.9. The van der Waals surface area contributed by atoms with Crippen molar-refractivity contribution in [2.24, 2.45) is 0 Å². The molecule has 7 nitrogen and oxygen atoms in total. The minimum atomic E-state index is -3.66. The number of fused-ring (bicyclic) bond motifs is 1. The molecule has 2 heterocycles. The van der Waals surface area contributed by atoms with E-state index in [1.54, 1.807) is 18.2 Å². The van der Waals surface area contributed by atoms with Crippen molar-refractivity contribution in [1.29, 1.82) is 0 Å². The van der Waals surface area contributed by atoms with Crippen LogP contribution in [0.5, 0.6) is 0 Å². The van der Waals surface area contributed by atoms with E-state index in [9.17, 15) is 17.6 Å². The molecule has 1 unspecified atom stereocenters. The Morgan fingerprint density at radius 3 is 2.38 bits per heavy atom. The summed E-state index contributed by atoms with van der Waals surface area (Å²) in [6.45, 7) is 3.55. The number of aromatic nitrogens is 2. The lowest BCUT2D eigenvalue weighted by atomic mass is 10.2. The normalized spacial score (nSPS) is 17.4. The maximum Gasteiger partial charge on any atom is 0.258 e. The minimum Gasteiger partial charge on any atom is -0.309 e. The molecule has 1 aliphatic heterocycles. The van der Waals surface area contributed by atoms with Gasteiger partial charge in [0.15, 0.2) is 0 Å². The van der Waals surface area contributed by atoms with Crippen LogP contribution in [0, 0.1) is 5.82 Å². The Bertz CT molecular complexity index is 1190. The van der Waals surface area contributed by atoms with Gasteiger partial charge < -0.3 is 4.98 Å². The number of hydrogen-bond acceptors (Lipinski definition) is 5. The van der Waals surface area contributed by atoms with Gasteiger partial charge in [0.1, 0.15) is 11.6 Å². The van der Waals surface area contributed by atoms with Gasteiger partial charge in [0.25, 0.3) is 5.56 Å². The summed E-state index contributed by atoms with van der Waals surface area (Å²) in [5.74, 6) is 0.0861. The smallest absolute Gasteiger partial charge is 0.258 e. The summed E-state index contributed by atoms with van der Waals surface area (Å²) >= 11 is 0. The molecule has 0 radical (unpaired) electrons. The maximum absolute atomic E-state index is 13.1. The second-order valence-electron chi connectivity index (χ2n) is 7.04. The molecular weight excluding hydrogens is 395 g/mol. The molecule has 0 amide bonds. The number of rotatable bonds is 4. The lowest BCUT2D eigenvalue weighted by Crippen LogP contribution is -2.49. The lowest BCUT2D eigenvalue weighted by molar-refractivity contribution is 0.141. The highest BCUT2D eigenvalue weighted by atomic mass is 32.2. The Morgan fingerprint density at radius 2 is 1.69 bits per heavy atom. The number of piperazine rings is 1. The number of nitrogens with one attached hydrogen (secondary N) is 1. The van der Waals surface area contributed by atoms with Crippen molar-refractivity contribution in [3.8, 4) is 0 Å². The van der Waals surface area contributed by atoms with Crippen LogP contribution in [0.15, 0.2) is 58.2 Å². The van der Waals surface area contributed by atoms with Crippen LogP contribution >= 0.6 is 0 Å². The first-order chi connectivity index (χ1) is 13.9. The van der Waals surface area contributed by atoms with Gasteiger partial charge in [-0.3, -0.25) is 9.69 Å². The highest BCUT2D eigenvalue weighted by Crippen LogP contribution is 2.23. The molecule has 29 heavy (non-hydrogen) atoms. The lowest BCUT2D eigenvalue weighted by Gasteiger charge is -2.36. The van der Waals surface area contributed by atoms with E-state index in [0.29, 0.717) is 42.9 Å². The molecule has 9 heteroatoms. The number of H-pyrrole nitrogens is 1. The standard InChI is InChI=1S/C20H21FN4O3S/c1-14(19-22-18-5-3-2-4-17(18)20(26)23-19)24-10-12-25(13-11-24)29(27,28)16-8-6-15(21)7-9-16/h2-9,14H,10-13H2,1H3,(H,22,23,26). The minimum absolute atomic E-state index is 0.0842. The van der Waals surface area contributed by atoms with Gasteiger partial charge in [-0.25, -0.2) is 17.8 Å². The van der Waals surface area contributed by atoms with E-state index < -0.39 is 15.8 Å². The summed E-state index contributed by atoms with van der Waals surface area (Å²) in [7, 11) is -3.66. The first kappa shape index (κ1) is 19.7. The fraction of sp³-hybridized carbons (Fsp3) is 0.300.